The summed E-state index contributed by atoms with van der Waals surface area (Å²) < 4.78 is 1.81. The van der Waals surface area contributed by atoms with E-state index >= 15 is 0 Å². The van der Waals surface area contributed by atoms with Crippen LogP contribution in [-0.2, 0) is 0 Å². The van der Waals surface area contributed by atoms with Crippen molar-refractivity contribution in [1.82, 2.24) is 14.6 Å². The van der Waals surface area contributed by atoms with Gasteiger partial charge in [-0.15, -0.1) is 0 Å². The van der Waals surface area contributed by atoms with E-state index in [0.29, 0.717) is 6.54 Å². The fraction of sp³-hybridized carbons (Fsp3) is 0.600. The first-order valence-electron chi connectivity index (χ1n) is 7.36. The summed E-state index contributed by atoms with van der Waals surface area (Å²) in [4.78, 5) is 4.47. The Balaban J connectivity index is 1.83. The van der Waals surface area contributed by atoms with Crippen LogP contribution in [0.1, 0.15) is 43.5 Å². The molecule has 20 heavy (non-hydrogen) atoms. The molecule has 2 aromatic rings. The number of anilines is 1. The predicted molar refractivity (Wildman–Crippen MR) is 79.0 cm³/mol. The van der Waals surface area contributed by atoms with Crippen molar-refractivity contribution < 1.29 is 5.11 Å². The molecule has 3 rings (SSSR count). The molecule has 0 bridgehead atoms. The van der Waals surface area contributed by atoms with Crippen molar-refractivity contribution in [2.24, 2.45) is 0 Å². The zero-order valence-electron chi connectivity index (χ0n) is 12.2. The second-order valence-corrected chi connectivity index (χ2v) is 5.98. The molecule has 2 N–H and O–H groups in total. The zero-order chi connectivity index (χ0) is 14.2. The first-order chi connectivity index (χ1) is 9.56. The van der Waals surface area contributed by atoms with E-state index in [2.05, 4.69) is 15.4 Å². The lowest BCUT2D eigenvalue weighted by Gasteiger charge is -2.32. The smallest absolute Gasteiger partial charge is 0.157 e. The molecule has 2 heterocycles. The highest BCUT2D eigenvalue weighted by atomic mass is 16.3. The van der Waals surface area contributed by atoms with Gasteiger partial charge in [-0.25, -0.2) is 4.98 Å². The lowest BCUT2D eigenvalue weighted by molar-refractivity contribution is 0.0166. The Hall–Kier alpha value is -1.62. The molecule has 0 spiro atoms. The van der Waals surface area contributed by atoms with Crippen molar-refractivity contribution in [1.29, 1.82) is 0 Å². The van der Waals surface area contributed by atoms with Gasteiger partial charge in [-0.3, -0.25) is 0 Å². The third-order valence-electron chi connectivity index (χ3n) is 4.06. The molecule has 0 aromatic carbocycles. The number of rotatable bonds is 3. The van der Waals surface area contributed by atoms with Crippen LogP contribution in [0.4, 0.5) is 5.82 Å². The third kappa shape index (κ3) is 2.63. The quantitative estimate of drug-likeness (QED) is 0.902. The van der Waals surface area contributed by atoms with Crippen LogP contribution in [0.2, 0.25) is 0 Å². The normalized spacial score (nSPS) is 18.4. The summed E-state index contributed by atoms with van der Waals surface area (Å²) in [5.41, 5.74) is 2.17. The Labute approximate surface area is 119 Å². The van der Waals surface area contributed by atoms with Crippen LogP contribution in [0.15, 0.2) is 12.1 Å². The van der Waals surface area contributed by atoms with E-state index in [1.165, 1.54) is 6.42 Å². The van der Waals surface area contributed by atoms with Crippen molar-refractivity contribution in [3.63, 3.8) is 0 Å². The van der Waals surface area contributed by atoms with Crippen molar-refractivity contribution in [3.8, 4) is 0 Å². The van der Waals surface area contributed by atoms with Crippen LogP contribution in [0.3, 0.4) is 0 Å². The first-order valence-corrected chi connectivity index (χ1v) is 7.36. The molecule has 5 nitrogen and oxygen atoms in total. The zero-order valence-corrected chi connectivity index (χ0v) is 12.2. The average molecular weight is 274 g/mol. The van der Waals surface area contributed by atoms with Gasteiger partial charge in [-0.2, -0.15) is 9.61 Å². The molecule has 108 valence electrons. The molecule has 0 aliphatic heterocycles. The molecule has 2 aromatic heterocycles. The van der Waals surface area contributed by atoms with E-state index in [1.807, 2.05) is 30.5 Å². The number of nitrogens with zero attached hydrogens (tertiary/aromatic N) is 3. The Morgan fingerprint density at radius 1 is 1.20 bits per heavy atom. The SMILES string of the molecule is Cc1cc(NCC2(O)CCCCC2)n2nc(C)cc2n1. The lowest BCUT2D eigenvalue weighted by Crippen LogP contribution is -2.39. The summed E-state index contributed by atoms with van der Waals surface area (Å²) in [5, 5.41) is 18.4. The molecule has 5 heteroatoms. The fourth-order valence-corrected chi connectivity index (χ4v) is 2.98. The van der Waals surface area contributed by atoms with Crippen molar-refractivity contribution in [2.75, 3.05) is 11.9 Å². The monoisotopic (exact) mass is 274 g/mol. The Morgan fingerprint density at radius 3 is 2.70 bits per heavy atom. The molecule has 1 fully saturated rings. The Kier molecular flexibility index (Phi) is 3.38. The second-order valence-electron chi connectivity index (χ2n) is 5.98. The molecule has 1 saturated carbocycles. The van der Waals surface area contributed by atoms with Crippen molar-refractivity contribution >= 4 is 11.5 Å². The van der Waals surface area contributed by atoms with Crippen LogP contribution in [0, 0.1) is 13.8 Å². The van der Waals surface area contributed by atoms with E-state index in [4.69, 9.17) is 0 Å². The molecule has 0 atom stereocenters. The summed E-state index contributed by atoms with van der Waals surface area (Å²) in [7, 11) is 0. The maximum absolute atomic E-state index is 10.6. The maximum atomic E-state index is 10.6. The Morgan fingerprint density at radius 2 is 1.95 bits per heavy atom. The molecule has 0 saturated heterocycles. The number of nitrogens with one attached hydrogen (secondary N) is 1. The van der Waals surface area contributed by atoms with E-state index in [-0.39, 0.29) is 0 Å². The highest BCUT2D eigenvalue weighted by molar-refractivity contribution is 5.50. The molecule has 0 amide bonds. The minimum absolute atomic E-state index is 0.574. The minimum Gasteiger partial charge on any atom is -0.388 e. The van der Waals surface area contributed by atoms with Crippen LogP contribution in [0.5, 0.6) is 0 Å². The maximum Gasteiger partial charge on any atom is 0.157 e. The molecule has 1 aliphatic carbocycles. The number of aliphatic hydroxyl groups is 1. The van der Waals surface area contributed by atoms with Crippen LogP contribution in [-0.4, -0.2) is 31.9 Å². The highest BCUT2D eigenvalue weighted by Gasteiger charge is 2.29. The lowest BCUT2D eigenvalue weighted by atomic mass is 9.85. The van der Waals surface area contributed by atoms with Gasteiger partial charge in [0.1, 0.15) is 5.82 Å². The Bertz CT molecular complexity index is 614. The molecular weight excluding hydrogens is 252 g/mol. The van der Waals surface area contributed by atoms with E-state index < -0.39 is 5.60 Å². The van der Waals surface area contributed by atoms with Gasteiger partial charge in [0.25, 0.3) is 0 Å². The molecule has 0 unspecified atom stereocenters. The van der Waals surface area contributed by atoms with Gasteiger partial charge in [0.2, 0.25) is 0 Å². The molecule has 0 radical (unpaired) electrons. The second kappa shape index (κ2) is 5.05. The number of hydrogen-bond acceptors (Lipinski definition) is 4. The van der Waals surface area contributed by atoms with Gasteiger partial charge in [0.05, 0.1) is 11.3 Å². The van der Waals surface area contributed by atoms with Crippen molar-refractivity contribution in [3.05, 3.63) is 23.5 Å². The van der Waals surface area contributed by atoms with Crippen LogP contribution in [0.25, 0.3) is 5.65 Å². The van der Waals surface area contributed by atoms with Crippen molar-refractivity contribution in [2.45, 2.75) is 51.6 Å². The largest absolute Gasteiger partial charge is 0.388 e. The highest BCUT2D eigenvalue weighted by Crippen LogP contribution is 2.28. The summed E-state index contributed by atoms with van der Waals surface area (Å²) in [6, 6.07) is 3.94. The topological polar surface area (TPSA) is 62.5 Å². The summed E-state index contributed by atoms with van der Waals surface area (Å²) in [6.45, 7) is 4.51. The van der Waals surface area contributed by atoms with Gasteiger partial charge in [-0.1, -0.05) is 19.3 Å². The molecular formula is C15H22N4O. The average Bonchev–Trinajstić information content (AvgIpc) is 2.77. The van der Waals surface area contributed by atoms with Gasteiger partial charge >= 0.3 is 0 Å². The van der Waals surface area contributed by atoms with Crippen LogP contribution < -0.4 is 5.32 Å². The minimum atomic E-state index is -0.579. The third-order valence-corrected chi connectivity index (χ3v) is 4.06. The number of fused-ring (bicyclic) bond motifs is 1. The summed E-state index contributed by atoms with van der Waals surface area (Å²) in [5.74, 6) is 0.902. The van der Waals surface area contributed by atoms with Gasteiger partial charge < -0.3 is 10.4 Å². The fourth-order valence-electron chi connectivity index (χ4n) is 2.98. The summed E-state index contributed by atoms with van der Waals surface area (Å²) in [6.07, 6.45) is 5.23. The standard InChI is InChI=1S/C15H22N4O/c1-11-8-13(19-14(17-11)9-12(2)18-19)16-10-15(20)6-4-3-5-7-15/h8-9,16,20H,3-7,10H2,1-2H3. The first kappa shape index (κ1) is 13.4. The van der Waals surface area contributed by atoms with Gasteiger partial charge in [0.15, 0.2) is 5.65 Å². The summed E-state index contributed by atoms with van der Waals surface area (Å²) >= 11 is 0. The van der Waals surface area contributed by atoms with Gasteiger partial charge in [-0.05, 0) is 26.7 Å². The van der Waals surface area contributed by atoms with Gasteiger partial charge in [0, 0.05) is 24.4 Å². The van der Waals surface area contributed by atoms with E-state index in [0.717, 1.165) is 48.5 Å². The van der Waals surface area contributed by atoms with E-state index in [9.17, 15) is 5.11 Å². The van der Waals surface area contributed by atoms with E-state index in [1.54, 1.807) is 0 Å². The molecule has 1 aliphatic rings. The number of aryl methyl sites for hydroxylation is 2. The number of aromatic nitrogens is 3. The van der Waals surface area contributed by atoms with Crippen LogP contribution >= 0.6 is 0 Å². The predicted octanol–water partition coefficient (Wildman–Crippen LogP) is 2.45. The number of hydrogen-bond donors (Lipinski definition) is 2.